The molecular weight excluding hydrogens is 304 g/mol. The summed E-state index contributed by atoms with van der Waals surface area (Å²) < 4.78 is 7.40. The minimum absolute atomic E-state index is 0.0102. The molecule has 1 fully saturated rings. The van der Waals surface area contributed by atoms with Gasteiger partial charge in [0.05, 0.1) is 18.4 Å². The number of hydrogen-bond acceptors (Lipinski definition) is 5. The molecule has 0 N–H and O–H groups in total. The lowest BCUT2D eigenvalue weighted by Gasteiger charge is -2.31. The normalized spacial score (nSPS) is 16.8. The molecule has 0 saturated carbocycles. The molecule has 24 heavy (non-hydrogen) atoms. The van der Waals surface area contributed by atoms with Gasteiger partial charge in [-0.15, -0.1) is 0 Å². The highest BCUT2D eigenvalue weighted by atomic mass is 16.4. The van der Waals surface area contributed by atoms with Gasteiger partial charge in [-0.05, 0) is 44.8 Å². The van der Waals surface area contributed by atoms with Crippen molar-refractivity contribution in [2.75, 3.05) is 13.1 Å². The Morgan fingerprint density at radius 3 is 2.71 bits per heavy atom. The highest BCUT2D eigenvalue weighted by molar-refractivity contribution is 4.99. The van der Waals surface area contributed by atoms with Gasteiger partial charge in [-0.25, -0.2) is 9.67 Å². The van der Waals surface area contributed by atoms with Gasteiger partial charge in [0.1, 0.15) is 5.76 Å². The van der Waals surface area contributed by atoms with Gasteiger partial charge >= 0.3 is 0 Å². The van der Waals surface area contributed by atoms with Gasteiger partial charge in [0, 0.05) is 18.5 Å². The lowest BCUT2D eigenvalue weighted by Crippen LogP contribution is -2.36. The van der Waals surface area contributed by atoms with Crippen LogP contribution in [0.25, 0.3) is 0 Å². The Bertz CT molecular complexity index is 727. The fourth-order valence-electron chi connectivity index (χ4n) is 3.11. The average Bonchev–Trinajstić information content (AvgIpc) is 3.02. The Labute approximate surface area is 142 Å². The van der Waals surface area contributed by atoms with Crippen molar-refractivity contribution in [3.05, 3.63) is 46.0 Å². The van der Waals surface area contributed by atoms with Crippen LogP contribution in [-0.2, 0) is 13.1 Å². The SMILES string of the molecule is Cc1ccc(=O)n(CC2CCN(Cc3ncc(C(C)C)o3)CC2)n1. The molecule has 2 aromatic heterocycles. The largest absolute Gasteiger partial charge is 0.444 e. The number of nitrogens with zero attached hydrogens (tertiary/aromatic N) is 4. The van der Waals surface area contributed by atoms with Gasteiger partial charge in [-0.3, -0.25) is 9.69 Å². The van der Waals surface area contributed by atoms with Crippen LogP contribution in [0.1, 0.15) is 50.0 Å². The van der Waals surface area contributed by atoms with E-state index in [1.165, 1.54) is 0 Å². The summed E-state index contributed by atoms with van der Waals surface area (Å²) in [5, 5.41) is 4.34. The quantitative estimate of drug-likeness (QED) is 0.843. The predicted molar refractivity (Wildman–Crippen MR) is 91.8 cm³/mol. The summed E-state index contributed by atoms with van der Waals surface area (Å²) in [6.45, 7) is 9.62. The third kappa shape index (κ3) is 4.12. The molecule has 1 saturated heterocycles. The first kappa shape index (κ1) is 16.9. The predicted octanol–water partition coefficient (Wildman–Crippen LogP) is 2.58. The molecule has 1 aliphatic rings. The highest BCUT2D eigenvalue weighted by Gasteiger charge is 2.21. The van der Waals surface area contributed by atoms with E-state index in [4.69, 9.17) is 4.42 Å². The van der Waals surface area contributed by atoms with Crippen molar-refractivity contribution in [3.63, 3.8) is 0 Å². The van der Waals surface area contributed by atoms with Gasteiger partial charge in [-0.1, -0.05) is 13.8 Å². The van der Waals surface area contributed by atoms with Gasteiger partial charge < -0.3 is 4.42 Å². The van der Waals surface area contributed by atoms with Crippen molar-refractivity contribution in [1.29, 1.82) is 0 Å². The lowest BCUT2D eigenvalue weighted by molar-refractivity contribution is 0.151. The molecule has 0 radical (unpaired) electrons. The number of aromatic nitrogens is 3. The number of hydrogen-bond donors (Lipinski definition) is 0. The van der Waals surface area contributed by atoms with E-state index in [-0.39, 0.29) is 5.56 Å². The van der Waals surface area contributed by atoms with E-state index in [1.807, 2.05) is 13.1 Å². The molecule has 0 aromatic carbocycles. The van der Waals surface area contributed by atoms with Crippen LogP contribution >= 0.6 is 0 Å². The van der Waals surface area contributed by atoms with Gasteiger partial charge in [0.25, 0.3) is 5.56 Å². The molecule has 3 rings (SSSR count). The summed E-state index contributed by atoms with van der Waals surface area (Å²) in [6.07, 6.45) is 3.97. The zero-order chi connectivity index (χ0) is 17.1. The van der Waals surface area contributed by atoms with Gasteiger partial charge in [0.2, 0.25) is 5.89 Å². The van der Waals surface area contributed by atoms with Crippen LogP contribution in [0, 0.1) is 12.8 Å². The molecular formula is C18H26N4O2. The molecule has 0 spiro atoms. The third-order valence-electron chi connectivity index (χ3n) is 4.64. The van der Waals surface area contributed by atoms with Crippen molar-refractivity contribution in [1.82, 2.24) is 19.7 Å². The average molecular weight is 330 g/mol. The Kier molecular flexibility index (Phi) is 5.14. The zero-order valence-corrected chi connectivity index (χ0v) is 14.7. The fraction of sp³-hybridized carbons (Fsp3) is 0.611. The molecule has 0 unspecified atom stereocenters. The first-order valence-corrected chi connectivity index (χ1v) is 8.73. The van der Waals surface area contributed by atoms with E-state index >= 15 is 0 Å². The van der Waals surface area contributed by atoms with E-state index in [2.05, 4.69) is 28.8 Å². The molecule has 130 valence electrons. The van der Waals surface area contributed by atoms with E-state index in [9.17, 15) is 4.79 Å². The van der Waals surface area contributed by atoms with Gasteiger partial charge in [0.15, 0.2) is 0 Å². The second-order valence-electron chi connectivity index (χ2n) is 7.03. The number of likely N-dealkylation sites (tertiary alicyclic amines) is 1. The van der Waals surface area contributed by atoms with E-state index in [0.29, 0.717) is 18.4 Å². The van der Waals surface area contributed by atoms with E-state index in [0.717, 1.165) is 49.8 Å². The highest BCUT2D eigenvalue weighted by Crippen LogP contribution is 2.21. The van der Waals surface area contributed by atoms with Crippen LogP contribution in [0.15, 0.2) is 27.5 Å². The maximum absolute atomic E-state index is 11.9. The van der Waals surface area contributed by atoms with Crippen molar-refractivity contribution in [3.8, 4) is 0 Å². The molecule has 0 atom stereocenters. The molecule has 6 heteroatoms. The third-order valence-corrected chi connectivity index (χ3v) is 4.64. The molecule has 1 aliphatic heterocycles. The summed E-state index contributed by atoms with van der Waals surface area (Å²) in [5.41, 5.74) is 0.876. The van der Waals surface area contributed by atoms with Crippen LogP contribution in [0.5, 0.6) is 0 Å². The van der Waals surface area contributed by atoms with E-state index in [1.54, 1.807) is 16.8 Å². The maximum atomic E-state index is 11.9. The first-order chi connectivity index (χ1) is 11.5. The monoisotopic (exact) mass is 330 g/mol. The lowest BCUT2D eigenvalue weighted by atomic mass is 9.97. The second-order valence-corrected chi connectivity index (χ2v) is 7.03. The molecule has 0 aliphatic carbocycles. The summed E-state index contributed by atoms with van der Waals surface area (Å²) >= 11 is 0. The molecule has 0 bridgehead atoms. The van der Waals surface area contributed by atoms with Crippen LogP contribution < -0.4 is 5.56 Å². The van der Waals surface area contributed by atoms with Crippen LogP contribution in [0.4, 0.5) is 0 Å². The molecule has 2 aromatic rings. The summed E-state index contributed by atoms with van der Waals surface area (Å²) in [7, 11) is 0. The smallest absolute Gasteiger partial charge is 0.266 e. The van der Waals surface area contributed by atoms with Crippen LogP contribution in [0.2, 0.25) is 0 Å². The Hall–Kier alpha value is -1.95. The topological polar surface area (TPSA) is 64.2 Å². The Morgan fingerprint density at radius 1 is 1.29 bits per heavy atom. The minimum Gasteiger partial charge on any atom is -0.444 e. The Morgan fingerprint density at radius 2 is 2.04 bits per heavy atom. The maximum Gasteiger partial charge on any atom is 0.266 e. The van der Waals surface area contributed by atoms with Crippen molar-refractivity contribution < 1.29 is 4.42 Å². The fourth-order valence-corrected chi connectivity index (χ4v) is 3.11. The standard InChI is InChI=1S/C18H26N4O2/c1-13(2)16-10-19-17(24-16)12-21-8-6-15(7-9-21)11-22-18(23)5-4-14(3)20-22/h4-5,10,13,15H,6-9,11-12H2,1-3H3. The van der Waals surface area contributed by atoms with Crippen LogP contribution in [0.3, 0.4) is 0 Å². The zero-order valence-electron chi connectivity index (χ0n) is 14.7. The molecule has 3 heterocycles. The minimum atomic E-state index is -0.0102. The van der Waals surface area contributed by atoms with E-state index < -0.39 is 0 Å². The first-order valence-electron chi connectivity index (χ1n) is 8.73. The summed E-state index contributed by atoms with van der Waals surface area (Å²) in [5.74, 6) is 2.62. The van der Waals surface area contributed by atoms with Crippen LogP contribution in [-0.4, -0.2) is 32.8 Å². The number of oxazole rings is 1. The number of rotatable bonds is 5. The number of piperidine rings is 1. The second kappa shape index (κ2) is 7.30. The van der Waals surface area contributed by atoms with Crippen molar-refractivity contribution in [2.45, 2.75) is 52.6 Å². The van der Waals surface area contributed by atoms with Crippen molar-refractivity contribution in [2.24, 2.45) is 5.92 Å². The summed E-state index contributed by atoms with van der Waals surface area (Å²) in [4.78, 5) is 18.6. The molecule has 0 amide bonds. The summed E-state index contributed by atoms with van der Waals surface area (Å²) in [6, 6.07) is 3.37. The Balaban J connectivity index is 1.52. The van der Waals surface area contributed by atoms with Gasteiger partial charge in [-0.2, -0.15) is 5.10 Å². The van der Waals surface area contributed by atoms with Crippen molar-refractivity contribution >= 4 is 0 Å². The molecule has 6 nitrogen and oxygen atoms in total. The number of aryl methyl sites for hydroxylation is 1.